The Balaban J connectivity index is 1.91. The van der Waals surface area contributed by atoms with Crippen LogP contribution >= 0.6 is 31.9 Å². The lowest BCUT2D eigenvalue weighted by molar-refractivity contribution is 0.100. The smallest absolute Gasteiger partial charge is 0.194 e. The molecule has 2 aromatic rings. The van der Waals surface area contributed by atoms with E-state index in [9.17, 15) is 14.7 Å². The minimum atomic E-state index is -0.161. The van der Waals surface area contributed by atoms with Crippen LogP contribution in [-0.2, 0) is 10.8 Å². The van der Waals surface area contributed by atoms with Crippen molar-refractivity contribution in [3.8, 4) is 5.75 Å². The zero-order chi connectivity index (χ0) is 21.3. The zero-order valence-electron chi connectivity index (χ0n) is 16.8. The topological polar surface area (TPSA) is 54.4 Å². The summed E-state index contributed by atoms with van der Waals surface area (Å²) in [6, 6.07) is 7.21. The summed E-state index contributed by atoms with van der Waals surface area (Å²) in [7, 11) is 0. The summed E-state index contributed by atoms with van der Waals surface area (Å²) in [5.41, 5.74) is 4.13. The highest BCUT2D eigenvalue weighted by Gasteiger charge is 2.39. The van der Waals surface area contributed by atoms with Crippen LogP contribution in [0.4, 0.5) is 0 Å². The Morgan fingerprint density at radius 3 is 1.83 bits per heavy atom. The van der Waals surface area contributed by atoms with E-state index in [2.05, 4.69) is 59.6 Å². The maximum Gasteiger partial charge on any atom is 0.194 e. The molecule has 0 aromatic heterocycles. The lowest BCUT2D eigenvalue weighted by atomic mass is 9.62. The second kappa shape index (κ2) is 6.64. The van der Waals surface area contributed by atoms with Gasteiger partial charge in [-0.05, 0) is 103 Å². The Bertz CT molecular complexity index is 1100. The first-order chi connectivity index (χ1) is 13.4. The SMILES string of the molecule is CC1(C)CCC(C)(C)c2cc3c(cc21)C(=O)C=C(c1cc(Br)c(O)c(Br)c1)C3=O. The number of halogens is 2. The largest absolute Gasteiger partial charge is 0.506 e. The fraction of sp³-hybridized carbons (Fsp3) is 0.333. The third kappa shape index (κ3) is 3.23. The highest BCUT2D eigenvalue weighted by Crippen LogP contribution is 2.47. The highest BCUT2D eigenvalue weighted by atomic mass is 79.9. The Hall–Kier alpha value is -1.72. The molecular weight excluding hydrogens is 496 g/mol. The van der Waals surface area contributed by atoms with Crippen LogP contribution in [0.25, 0.3) is 5.57 Å². The Kier molecular flexibility index (Phi) is 4.71. The van der Waals surface area contributed by atoms with Gasteiger partial charge in [0.2, 0.25) is 0 Å². The number of Topliss-reactive ketones (excluding diaryl/α,β-unsaturated/α-hetero) is 1. The van der Waals surface area contributed by atoms with E-state index in [-0.39, 0.29) is 28.1 Å². The van der Waals surface area contributed by atoms with Gasteiger partial charge in [-0.1, -0.05) is 27.7 Å². The minimum absolute atomic E-state index is 0.0279. The number of phenols is 1. The molecule has 5 heteroatoms. The molecule has 0 heterocycles. The van der Waals surface area contributed by atoms with E-state index < -0.39 is 0 Å². The summed E-state index contributed by atoms with van der Waals surface area (Å²) in [5.74, 6) is -0.259. The van der Waals surface area contributed by atoms with Crippen LogP contribution in [0.3, 0.4) is 0 Å². The van der Waals surface area contributed by atoms with Crippen LogP contribution in [0.15, 0.2) is 39.3 Å². The number of phenolic OH excluding ortho intramolecular Hbond substituents is 1. The van der Waals surface area contributed by atoms with Crippen molar-refractivity contribution >= 4 is 49.0 Å². The van der Waals surface area contributed by atoms with Gasteiger partial charge in [-0.3, -0.25) is 9.59 Å². The summed E-state index contributed by atoms with van der Waals surface area (Å²) in [4.78, 5) is 26.4. The van der Waals surface area contributed by atoms with E-state index >= 15 is 0 Å². The second-order valence-electron chi connectivity index (χ2n) is 9.25. The highest BCUT2D eigenvalue weighted by molar-refractivity contribution is 9.11. The molecule has 0 radical (unpaired) electrons. The number of hydrogen-bond donors (Lipinski definition) is 1. The second-order valence-corrected chi connectivity index (χ2v) is 11.0. The quantitative estimate of drug-likeness (QED) is 0.456. The average molecular weight is 518 g/mol. The Morgan fingerprint density at radius 1 is 0.828 bits per heavy atom. The van der Waals surface area contributed by atoms with E-state index in [0.29, 0.717) is 31.2 Å². The zero-order valence-corrected chi connectivity index (χ0v) is 20.0. The van der Waals surface area contributed by atoms with Crippen LogP contribution < -0.4 is 0 Å². The van der Waals surface area contributed by atoms with Crippen LogP contribution in [0.1, 0.15) is 77.9 Å². The van der Waals surface area contributed by atoms with E-state index in [1.165, 1.54) is 11.6 Å². The third-order valence-electron chi connectivity index (χ3n) is 6.35. The summed E-state index contributed by atoms with van der Waals surface area (Å²) in [6.45, 7) is 8.81. The van der Waals surface area contributed by atoms with Crippen LogP contribution in [0, 0.1) is 0 Å². The molecule has 2 aromatic carbocycles. The molecule has 0 aliphatic heterocycles. The van der Waals surface area contributed by atoms with Crippen molar-refractivity contribution in [1.82, 2.24) is 0 Å². The van der Waals surface area contributed by atoms with Gasteiger partial charge < -0.3 is 5.11 Å². The lowest BCUT2D eigenvalue weighted by Gasteiger charge is -2.42. The molecule has 0 saturated carbocycles. The maximum atomic E-state index is 13.4. The molecule has 0 saturated heterocycles. The molecule has 2 aliphatic rings. The predicted molar refractivity (Wildman–Crippen MR) is 122 cm³/mol. The number of carbonyl (C=O) groups is 2. The van der Waals surface area contributed by atoms with Gasteiger partial charge in [-0.25, -0.2) is 0 Å². The summed E-state index contributed by atoms with van der Waals surface area (Å²) in [6.07, 6.45) is 3.50. The van der Waals surface area contributed by atoms with Crippen molar-refractivity contribution in [3.63, 3.8) is 0 Å². The Morgan fingerprint density at radius 2 is 1.31 bits per heavy atom. The number of carbonyl (C=O) groups excluding carboxylic acids is 2. The van der Waals surface area contributed by atoms with Gasteiger partial charge in [0.25, 0.3) is 0 Å². The van der Waals surface area contributed by atoms with Crippen molar-refractivity contribution < 1.29 is 14.7 Å². The molecule has 0 amide bonds. The molecule has 0 spiro atoms. The van der Waals surface area contributed by atoms with Crippen molar-refractivity contribution in [2.24, 2.45) is 0 Å². The minimum Gasteiger partial charge on any atom is -0.506 e. The molecule has 3 nitrogen and oxygen atoms in total. The fourth-order valence-electron chi connectivity index (χ4n) is 4.36. The van der Waals surface area contributed by atoms with E-state index in [1.54, 1.807) is 12.1 Å². The van der Waals surface area contributed by atoms with Gasteiger partial charge in [0, 0.05) is 16.7 Å². The van der Waals surface area contributed by atoms with Crippen LogP contribution in [-0.4, -0.2) is 16.7 Å². The number of ketones is 2. The monoisotopic (exact) mass is 516 g/mol. The van der Waals surface area contributed by atoms with Gasteiger partial charge in [0.1, 0.15) is 5.75 Å². The standard InChI is InChI=1S/C24H22Br2O3/c1-23(2)5-6-24(3,4)17-10-15-14(9-16(17)23)20(27)11-13(21(15)28)12-7-18(25)22(29)19(26)8-12/h7-11,29H,5-6H2,1-4H3. The molecular formula is C24H22Br2O3. The number of hydrogen-bond acceptors (Lipinski definition) is 3. The molecule has 1 N–H and O–H groups in total. The molecule has 150 valence electrons. The third-order valence-corrected chi connectivity index (χ3v) is 7.56. The van der Waals surface area contributed by atoms with E-state index in [1.807, 2.05) is 12.1 Å². The average Bonchev–Trinajstić information content (AvgIpc) is 2.65. The number of fused-ring (bicyclic) bond motifs is 2. The molecule has 0 fully saturated rings. The van der Waals surface area contributed by atoms with Crippen molar-refractivity contribution in [2.45, 2.75) is 51.4 Å². The van der Waals surface area contributed by atoms with Crippen LogP contribution in [0.2, 0.25) is 0 Å². The predicted octanol–water partition coefficient (Wildman–Crippen LogP) is 6.73. The molecule has 2 aliphatic carbocycles. The van der Waals surface area contributed by atoms with E-state index in [0.717, 1.165) is 18.4 Å². The van der Waals surface area contributed by atoms with Gasteiger partial charge in [0.05, 0.1) is 8.95 Å². The van der Waals surface area contributed by atoms with E-state index in [4.69, 9.17) is 0 Å². The number of benzene rings is 2. The summed E-state index contributed by atoms with van der Waals surface area (Å²) >= 11 is 6.61. The number of rotatable bonds is 1. The van der Waals surface area contributed by atoms with Crippen LogP contribution in [0.5, 0.6) is 5.75 Å². The van der Waals surface area contributed by atoms with Gasteiger partial charge in [0.15, 0.2) is 11.6 Å². The van der Waals surface area contributed by atoms with Crippen molar-refractivity contribution in [2.75, 3.05) is 0 Å². The first-order valence-corrected chi connectivity index (χ1v) is 11.2. The molecule has 0 atom stereocenters. The summed E-state index contributed by atoms with van der Waals surface area (Å²) in [5, 5.41) is 9.98. The first kappa shape index (κ1) is 20.5. The van der Waals surface area contributed by atoms with Crippen molar-refractivity contribution in [1.29, 1.82) is 0 Å². The molecule has 29 heavy (non-hydrogen) atoms. The molecule has 0 unspecified atom stereocenters. The van der Waals surface area contributed by atoms with Gasteiger partial charge in [-0.2, -0.15) is 0 Å². The lowest BCUT2D eigenvalue weighted by Crippen LogP contribution is -2.35. The molecule has 4 rings (SSSR count). The van der Waals surface area contributed by atoms with Gasteiger partial charge in [-0.15, -0.1) is 0 Å². The number of aromatic hydroxyl groups is 1. The normalized spacial score (nSPS) is 19.4. The first-order valence-electron chi connectivity index (χ1n) is 9.60. The van der Waals surface area contributed by atoms with Gasteiger partial charge >= 0.3 is 0 Å². The molecule has 0 bridgehead atoms. The number of allylic oxidation sites excluding steroid dienone is 2. The Labute approximate surface area is 187 Å². The fourth-order valence-corrected chi connectivity index (χ4v) is 5.55. The summed E-state index contributed by atoms with van der Waals surface area (Å²) < 4.78 is 0.921. The maximum absolute atomic E-state index is 13.4. The van der Waals surface area contributed by atoms with Crippen molar-refractivity contribution in [3.05, 3.63) is 67.1 Å².